The number of rotatable bonds is 11. The molecule has 0 bridgehead atoms. The second-order valence-corrected chi connectivity index (χ2v) is 11.7. The van der Waals surface area contributed by atoms with Gasteiger partial charge in [-0.05, 0) is 33.0 Å². The Hall–Kier alpha value is -0.870. The first-order valence-corrected chi connectivity index (χ1v) is 13.3. The highest BCUT2D eigenvalue weighted by molar-refractivity contribution is 7.89. The van der Waals surface area contributed by atoms with Gasteiger partial charge >= 0.3 is 0 Å². The summed E-state index contributed by atoms with van der Waals surface area (Å²) in [4.78, 5) is 31.8. The molecule has 0 radical (unpaired) electrons. The lowest BCUT2D eigenvalue weighted by Gasteiger charge is -2.42. The number of likely N-dealkylation sites (N-methyl/N-ethyl adjacent to an activating group) is 1. The van der Waals surface area contributed by atoms with Crippen LogP contribution >= 0.6 is 0 Å². The van der Waals surface area contributed by atoms with Gasteiger partial charge in [0.2, 0.25) is 10.0 Å². The summed E-state index contributed by atoms with van der Waals surface area (Å²) >= 11 is 0. The smallest absolute Gasteiger partial charge is 0.213 e. The summed E-state index contributed by atoms with van der Waals surface area (Å²) in [6.45, 7) is 13.7. The topological polar surface area (TPSA) is 90.0 Å². The van der Waals surface area contributed by atoms with Gasteiger partial charge in [-0.15, -0.1) is 0 Å². The molecule has 0 spiro atoms. The molecule has 0 aromatic heterocycles. The van der Waals surface area contributed by atoms with Crippen molar-refractivity contribution in [1.29, 1.82) is 0 Å². The maximum Gasteiger partial charge on any atom is 0.213 e. The summed E-state index contributed by atoms with van der Waals surface area (Å²) in [6.07, 6.45) is 2.05. The zero-order valence-corrected chi connectivity index (χ0v) is 20.8. The summed E-state index contributed by atoms with van der Waals surface area (Å²) in [5.41, 5.74) is 0. The summed E-state index contributed by atoms with van der Waals surface area (Å²) < 4.78 is 27.9. The van der Waals surface area contributed by atoms with E-state index in [4.69, 9.17) is 0 Å². The van der Waals surface area contributed by atoms with Crippen molar-refractivity contribution in [1.82, 2.24) is 19.4 Å². The third-order valence-corrected chi connectivity index (χ3v) is 7.93. The maximum absolute atomic E-state index is 12.7. The van der Waals surface area contributed by atoms with Crippen molar-refractivity contribution in [2.45, 2.75) is 59.0 Å². The van der Waals surface area contributed by atoms with Crippen LogP contribution in [-0.4, -0.2) is 105 Å². The first kappa shape index (κ1) is 26.4. The Kier molecular flexibility index (Phi) is 10.1. The number of nitrogens with one attached hydrogen (secondary N) is 1. The van der Waals surface area contributed by atoms with Gasteiger partial charge in [0.1, 0.15) is 5.78 Å². The Morgan fingerprint density at radius 3 is 2.03 bits per heavy atom. The number of piperidine rings is 1. The van der Waals surface area contributed by atoms with Crippen molar-refractivity contribution >= 4 is 21.6 Å². The van der Waals surface area contributed by atoms with Crippen LogP contribution in [0.5, 0.6) is 0 Å². The second kappa shape index (κ2) is 11.8. The van der Waals surface area contributed by atoms with E-state index in [1.54, 1.807) is 27.7 Å². The fraction of sp³-hybridized carbons (Fsp3) is 0.909. The number of sulfonamides is 1. The molecule has 9 heteroatoms. The van der Waals surface area contributed by atoms with Crippen LogP contribution in [0, 0.1) is 11.8 Å². The van der Waals surface area contributed by atoms with Gasteiger partial charge in [-0.2, -0.15) is 0 Å². The van der Waals surface area contributed by atoms with E-state index in [1.807, 2.05) is 0 Å². The number of hydrogen-bond donors (Lipinski definition) is 1. The largest absolute Gasteiger partial charge is 0.304 e. The van der Waals surface area contributed by atoms with Gasteiger partial charge in [-0.25, -0.2) is 13.1 Å². The molecule has 8 nitrogen and oxygen atoms in total. The molecule has 2 saturated heterocycles. The average molecular weight is 459 g/mol. The summed E-state index contributed by atoms with van der Waals surface area (Å²) in [7, 11) is -1.49. The minimum atomic E-state index is -3.65. The first-order chi connectivity index (χ1) is 14.5. The molecule has 0 saturated carbocycles. The third kappa shape index (κ3) is 8.53. The summed E-state index contributed by atoms with van der Waals surface area (Å²) in [5, 5.41) is 0. The predicted molar refractivity (Wildman–Crippen MR) is 124 cm³/mol. The minimum absolute atomic E-state index is 0.0517. The molecular weight excluding hydrogens is 416 g/mol. The van der Waals surface area contributed by atoms with Gasteiger partial charge in [-0.1, -0.05) is 27.7 Å². The van der Waals surface area contributed by atoms with Crippen LogP contribution in [0.25, 0.3) is 0 Å². The summed E-state index contributed by atoms with van der Waals surface area (Å²) in [6, 6.07) is -0.377. The van der Waals surface area contributed by atoms with E-state index >= 15 is 0 Å². The molecule has 0 aromatic rings. The fourth-order valence-electron chi connectivity index (χ4n) is 4.26. The number of likely N-dealkylation sites (tertiary alicyclic amines) is 1. The van der Waals surface area contributed by atoms with Crippen LogP contribution in [-0.2, 0) is 19.6 Å². The zero-order chi connectivity index (χ0) is 23.2. The van der Waals surface area contributed by atoms with E-state index in [9.17, 15) is 18.0 Å². The van der Waals surface area contributed by atoms with Crippen LogP contribution in [0.15, 0.2) is 0 Å². The van der Waals surface area contributed by atoms with Gasteiger partial charge in [0.15, 0.2) is 5.78 Å². The number of ketones is 2. The quantitative estimate of drug-likeness (QED) is 0.490. The van der Waals surface area contributed by atoms with Crippen LogP contribution < -0.4 is 4.72 Å². The fourth-order valence-corrected chi connectivity index (χ4v) is 5.51. The molecule has 180 valence electrons. The molecule has 1 unspecified atom stereocenters. The van der Waals surface area contributed by atoms with Crippen molar-refractivity contribution in [3.05, 3.63) is 0 Å². The Morgan fingerprint density at radius 2 is 1.52 bits per heavy atom. The number of Topliss-reactive ketones (excluding diaryl/α,β-unsaturated/α-hetero) is 2. The van der Waals surface area contributed by atoms with Gasteiger partial charge in [0.05, 0.1) is 11.8 Å². The second-order valence-electron chi connectivity index (χ2n) is 9.78. The Morgan fingerprint density at radius 1 is 0.935 bits per heavy atom. The molecule has 2 heterocycles. The number of carbonyl (C=O) groups excluding carboxylic acids is 2. The molecule has 31 heavy (non-hydrogen) atoms. The monoisotopic (exact) mass is 458 g/mol. The van der Waals surface area contributed by atoms with E-state index in [2.05, 4.69) is 26.5 Å². The summed E-state index contributed by atoms with van der Waals surface area (Å²) in [5.74, 6) is -0.947. The number of nitrogens with zero attached hydrogens (tertiary/aromatic N) is 3. The normalized spacial score (nSPS) is 21.6. The van der Waals surface area contributed by atoms with Crippen LogP contribution in [0.4, 0.5) is 0 Å². The van der Waals surface area contributed by atoms with Crippen molar-refractivity contribution in [2.24, 2.45) is 11.8 Å². The van der Waals surface area contributed by atoms with Gasteiger partial charge in [-0.3, -0.25) is 14.5 Å². The standard InChI is InChI=1S/C22H42N4O4S/c1-17(2)21(27)16-20(22(28)18(3)4)23-31(29,30)15-14-25-8-6-19(7-9-25)26-12-10-24(5)11-13-26/h17-20,23H,6-16H2,1-5H3. The predicted octanol–water partition coefficient (Wildman–Crippen LogP) is 0.827. The van der Waals surface area contributed by atoms with Gasteiger partial charge < -0.3 is 9.80 Å². The molecule has 0 aliphatic carbocycles. The van der Waals surface area contributed by atoms with E-state index in [-0.39, 0.29) is 35.6 Å². The van der Waals surface area contributed by atoms with Crippen molar-refractivity contribution < 1.29 is 18.0 Å². The lowest BCUT2D eigenvalue weighted by atomic mass is 9.95. The zero-order valence-electron chi connectivity index (χ0n) is 20.0. The molecule has 1 N–H and O–H groups in total. The molecule has 0 amide bonds. The highest BCUT2D eigenvalue weighted by atomic mass is 32.2. The van der Waals surface area contributed by atoms with Gasteiger partial charge in [0.25, 0.3) is 0 Å². The number of piperazine rings is 1. The molecule has 1 atom stereocenters. The van der Waals surface area contributed by atoms with E-state index in [0.717, 1.165) is 52.1 Å². The highest BCUT2D eigenvalue weighted by Gasteiger charge is 2.30. The maximum atomic E-state index is 12.7. The Labute approximate surface area is 188 Å². The number of hydrogen-bond acceptors (Lipinski definition) is 7. The van der Waals surface area contributed by atoms with Gasteiger partial charge in [0, 0.05) is 57.0 Å². The van der Waals surface area contributed by atoms with Crippen LogP contribution in [0.2, 0.25) is 0 Å². The number of carbonyl (C=O) groups is 2. The SMILES string of the molecule is CC(C)C(=O)CC(NS(=O)(=O)CCN1CCC(N2CCN(C)CC2)CC1)C(=O)C(C)C. The van der Waals surface area contributed by atoms with E-state index in [1.165, 1.54) is 0 Å². The molecule has 0 aromatic carbocycles. The third-order valence-electron chi connectivity index (χ3n) is 6.57. The minimum Gasteiger partial charge on any atom is -0.304 e. The average Bonchev–Trinajstić information content (AvgIpc) is 2.72. The van der Waals surface area contributed by atoms with Crippen molar-refractivity contribution in [3.63, 3.8) is 0 Å². The lowest BCUT2D eigenvalue weighted by molar-refractivity contribution is -0.128. The van der Waals surface area contributed by atoms with Crippen LogP contribution in [0.1, 0.15) is 47.0 Å². The first-order valence-electron chi connectivity index (χ1n) is 11.7. The molecule has 2 fully saturated rings. The molecule has 2 rings (SSSR count). The van der Waals surface area contributed by atoms with Crippen molar-refractivity contribution in [3.8, 4) is 0 Å². The molecule has 2 aliphatic heterocycles. The highest BCUT2D eigenvalue weighted by Crippen LogP contribution is 2.18. The Balaban J connectivity index is 1.83. The van der Waals surface area contributed by atoms with E-state index < -0.39 is 16.1 Å². The molecule has 2 aliphatic rings. The molecular formula is C22H42N4O4S. The Bertz CT molecular complexity index is 694. The van der Waals surface area contributed by atoms with E-state index in [0.29, 0.717) is 12.6 Å². The lowest BCUT2D eigenvalue weighted by Crippen LogP contribution is -2.53. The van der Waals surface area contributed by atoms with Crippen LogP contribution in [0.3, 0.4) is 0 Å². The van der Waals surface area contributed by atoms with Crippen molar-refractivity contribution in [2.75, 3.05) is 58.6 Å².